The zero-order valence-corrected chi connectivity index (χ0v) is 12.8. The molecule has 1 amide bonds. The smallest absolute Gasteiger partial charge is 0.290 e. The van der Waals surface area contributed by atoms with E-state index in [2.05, 4.69) is 9.97 Å². The average molecular weight is 317 g/mol. The van der Waals surface area contributed by atoms with E-state index in [0.29, 0.717) is 13.0 Å². The average Bonchev–Trinajstić information content (AvgIpc) is 3.20. The van der Waals surface area contributed by atoms with Crippen molar-refractivity contribution in [2.45, 2.75) is 19.4 Å². The zero-order chi connectivity index (χ0) is 15.7. The van der Waals surface area contributed by atoms with Crippen LogP contribution in [0.2, 0.25) is 0 Å². The SMILES string of the molecule is CC(=O)C1=C(O)C(=O)N(CCc2cnc[nH]2)[C@H]1c1cccs1. The van der Waals surface area contributed by atoms with Gasteiger partial charge in [0.1, 0.15) is 0 Å². The van der Waals surface area contributed by atoms with E-state index in [1.807, 2.05) is 17.5 Å². The summed E-state index contributed by atoms with van der Waals surface area (Å²) in [7, 11) is 0. The number of ketones is 1. The topological polar surface area (TPSA) is 86.3 Å². The number of Topliss-reactive ketones (excluding diaryl/α,β-unsaturated/α-hetero) is 1. The highest BCUT2D eigenvalue weighted by molar-refractivity contribution is 7.10. The van der Waals surface area contributed by atoms with Crippen molar-refractivity contribution in [1.29, 1.82) is 0 Å². The van der Waals surface area contributed by atoms with Crippen molar-refractivity contribution < 1.29 is 14.7 Å². The molecule has 0 unspecified atom stereocenters. The van der Waals surface area contributed by atoms with Gasteiger partial charge < -0.3 is 15.0 Å². The Labute approximate surface area is 131 Å². The van der Waals surface area contributed by atoms with E-state index in [0.717, 1.165) is 10.6 Å². The lowest BCUT2D eigenvalue weighted by Crippen LogP contribution is -2.32. The van der Waals surface area contributed by atoms with Crippen molar-refractivity contribution >= 4 is 23.0 Å². The predicted octanol–water partition coefficient (Wildman–Crippen LogP) is 2.00. The number of carbonyl (C=O) groups excluding carboxylic acids is 2. The third-order valence-corrected chi connectivity index (χ3v) is 4.60. The van der Waals surface area contributed by atoms with Gasteiger partial charge in [-0.1, -0.05) is 6.07 Å². The fourth-order valence-electron chi connectivity index (χ4n) is 2.65. The molecular weight excluding hydrogens is 302 g/mol. The molecule has 0 aromatic carbocycles. The minimum atomic E-state index is -0.507. The van der Waals surface area contributed by atoms with Gasteiger partial charge in [0, 0.05) is 29.7 Å². The number of nitrogens with one attached hydrogen (secondary N) is 1. The zero-order valence-electron chi connectivity index (χ0n) is 11.9. The molecule has 7 heteroatoms. The van der Waals surface area contributed by atoms with E-state index < -0.39 is 17.7 Å². The lowest BCUT2D eigenvalue weighted by molar-refractivity contribution is -0.129. The van der Waals surface area contributed by atoms with E-state index in [9.17, 15) is 14.7 Å². The van der Waals surface area contributed by atoms with E-state index in [1.165, 1.54) is 18.3 Å². The second-order valence-corrected chi connectivity index (χ2v) is 6.04. The molecule has 2 aromatic heterocycles. The Bertz CT molecular complexity index is 719. The maximum atomic E-state index is 12.3. The fourth-order valence-corrected chi connectivity index (χ4v) is 3.49. The molecule has 6 nitrogen and oxygen atoms in total. The number of thiophene rings is 1. The first kappa shape index (κ1) is 14.5. The van der Waals surface area contributed by atoms with Gasteiger partial charge in [0.05, 0.1) is 17.9 Å². The standard InChI is InChI=1S/C15H15N3O3S/c1-9(19)12-13(11-3-2-6-22-11)18(15(21)14(12)20)5-4-10-7-16-8-17-10/h2-3,6-8,13,20H,4-5H2,1H3,(H,16,17)/t13-/m0/s1. The lowest BCUT2D eigenvalue weighted by atomic mass is 10.0. The Morgan fingerprint density at radius 1 is 1.55 bits per heavy atom. The molecule has 1 aliphatic rings. The number of hydrogen-bond donors (Lipinski definition) is 2. The molecule has 1 atom stereocenters. The number of H-pyrrole nitrogens is 1. The first-order chi connectivity index (χ1) is 10.6. The van der Waals surface area contributed by atoms with Gasteiger partial charge in [-0.3, -0.25) is 9.59 Å². The minimum Gasteiger partial charge on any atom is -0.503 e. The Morgan fingerprint density at radius 3 is 2.95 bits per heavy atom. The molecule has 114 valence electrons. The molecule has 0 spiro atoms. The Kier molecular flexibility index (Phi) is 3.81. The van der Waals surface area contributed by atoms with Crippen LogP contribution in [0.5, 0.6) is 0 Å². The second kappa shape index (κ2) is 5.76. The van der Waals surface area contributed by atoms with Gasteiger partial charge in [-0.05, 0) is 18.4 Å². The molecule has 3 heterocycles. The van der Waals surface area contributed by atoms with Crippen LogP contribution >= 0.6 is 11.3 Å². The molecule has 3 rings (SSSR count). The van der Waals surface area contributed by atoms with Crippen molar-refractivity contribution in [2.24, 2.45) is 0 Å². The monoisotopic (exact) mass is 317 g/mol. The Hall–Kier alpha value is -2.41. The van der Waals surface area contributed by atoms with Gasteiger partial charge in [0.15, 0.2) is 11.5 Å². The molecule has 22 heavy (non-hydrogen) atoms. The summed E-state index contributed by atoms with van der Waals surface area (Å²) in [5.41, 5.74) is 1.07. The highest BCUT2D eigenvalue weighted by atomic mass is 32.1. The molecule has 2 N–H and O–H groups in total. The van der Waals surface area contributed by atoms with Crippen molar-refractivity contribution in [2.75, 3.05) is 6.54 Å². The molecule has 0 saturated heterocycles. The van der Waals surface area contributed by atoms with Crippen LogP contribution in [0.15, 0.2) is 41.4 Å². The van der Waals surface area contributed by atoms with Crippen molar-refractivity contribution in [1.82, 2.24) is 14.9 Å². The predicted molar refractivity (Wildman–Crippen MR) is 81.4 cm³/mol. The van der Waals surface area contributed by atoms with Crippen LogP contribution in [0.25, 0.3) is 0 Å². The number of imidazole rings is 1. The lowest BCUT2D eigenvalue weighted by Gasteiger charge is -2.25. The van der Waals surface area contributed by atoms with Gasteiger partial charge in [0.2, 0.25) is 0 Å². The van der Waals surface area contributed by atoms with Gasteiger partial charge in [0.25, 0.3) is 5.91 Å². The summed E-state index contributed by atoms with van der Waals surface area (Å²) >= 11 is 1.46. The van der Waals surface area contributed by atoms with Gasteiger partial charge in [-0.25, -0.2) is 4.98 Å². The molecule has 0 radical (unpaired) electrons. The summed E-state index contributed by atoms with van der Waals surface area (Å²) < 4.78 is 0. The number of aromatic amines is 1. The first-order valence-electron chi connectivity index (χ1n) is 6.85. The van der Waals surface area contributed by atoms with E-state index >= 15 is 0 Å². The van der Waals surface area contributed by atoms with Crippen LogP contribution in [0.1, 0.15) is 23.5 Å². The quantitative estimate of drug-likeness (QED) is 0.883. The highest BCUT2D eigenvalue weighted by Crippen LogP contribution is 2.39. The first-order valence-corrected chi connectivity index (χ1v) is 7.73. The van der Waals surface area contributed by atoms with Crippen LogP contribution in [0, 0.1) is 0 Å². The molecule has 0 aliphatic carbocycles. The summed E-state index contributed by atoms with van der Waals surface area (Å²) in [6.45, 7) is 1.77. The van der Waals surface area contributed by atoms with Crippen molar-refractivity contribution in [3.63, 3.8) is 0 Å². The maximum Gasteiger partial charge on any atom is 0.290 e. The highest BCUT2D eigenvalue weighted by Gasteiger charge is 2.42. The number of nitrogens with zero attached hydrogens (tertiary/aromatic N) is 2. The second-order valence-electron chi connectivity index (χ2n) is 5.06. The third kappa shape index (κ3) is 2.43. The number of carbonyl (C=O) groups is 2. The van der Waals surface area contributed by atoms with E-state index in [-0.39, 0.29) is 11.4 Å². The summed E-state index contributed by atoms with van der Waals surface area (Å²) in [5.74, 6) is -1.22. The van der Waals surface area contributed by atoms with Crippen LogP contribution in [-0.2, 0) is 16.0 Å². The molecule has 0 fully saturated rings. The molecule has 0 saturated carbocycles. The molecule has 2 aromatic rings. The number of aliphatic hydroxyl groups is 1. The van der Waals surface area contributed by atoms with E-state index in [1.54, 1.807) is 17.4 Å². The number of hydrogen-bond acceptors (Lipinski definition) is 5. The summed E-state index contributed by atoms with van der Waals surface area (Å²) in [6.07, 6.45) is 3.85. The van der Waals surface area contributed by atoms with Crippen LogP contribution in [-0.4, -0.2) is 38.2 Å². The number of aliphatic hydroxyl groups excluding tert-OH is 1. The number of rotatable bonds is 5. The van der Waals surface area contributed by atoms with Crippen LogP contribution in [0.3, 0.4) is 0 Å². The van der Waals surface area contributed by atoms with Crippen molar-refractivity contribution in [3.8, 4) is 0 Å². The molecule has 0 bridgehead atoms. The molecule has 1 aliphatic heterocycles. The summed E-state index contributed by atoms with van der Waals surface area (Å²) in [6, 6.07) is 3.23. The minimum absolute atomic E-state index is 0.178. The van der Waals surface area contributed by atoms with Gasteiger partial charge in [-0.15, -0.1) is 11.3 Å². The van der Waals surface area contributed by atoms with Crippen molar-refractivity contribution in [3.05, 3.63) is 51.9 Å². The number of aromatic nitrogens is 2. The Morgan fingerprint density at radius 2 is 2.36 bits per heavy atom. The number of amides is 1. The normalized spacial score (nSPS) is 18.3. The van der Waals surface area contributed by atoms with E-state index in [4.69, 9.17) is 0 Å². The maximum absolute atomic E-state index is 12.3. The third-order valence-electron chi connectivity index (χ3n) is 3.67. The summed E-state index contributed by atoms with van der Waals surface area (Å²) in [4.78, 5) is 33.5. The van der Waals surface area contributed by atoms with Gasteiger partial charge >= 0.3 is 0 Å². The van der Waals surface area contributed by atoms with Crippen LogP contribution < -0.4 is 0 Å². The Balaban J connectivity index is 1.91. The van der Waals surface area contributed by atoms with Gasteiger partial charge in [-0.2, -0.15) is 0 Å². The van der Waals surface area contributed by atoms with Crippen LogP contribution in [0.4, 0.5) is 0 Å². The summed E-state index contributed by atoms with van der Waals surface area (Å²) in [5, 5.41) is 12.0. The fraction of sp³-hybridized carbons (Fsp3) is 0.267. The molecular formula is C15H15N3O3S. The largest absolute Gasteiger partial charge is 0.503 e.